The Bertz CT molecular complexity index is 224. The van der Waals surface area contributed by atoms with E-state index < -0.39 is 17.7 Å². The van der Waals surface area contributed by atoms with E-state index in [1.165, 1.54) is 0 Å². The summed E-state index contributed by atoms with van der Waals surface area (Å²) in [5.41, 5.74) is 1.38. The maximum atomic E-state index is 11.1. The van der Waals surface area contributed by atoms with Gasteiger partial charge >= 0.3 is 12.1 Å². The molecule has 0 heterocycles. The summed E-state index contributed by atoms with van der Waals surface area (Å²) in [6, 6.07) is -0.499. The molecule has 0 atom stereocenters. The van der Waals surface area contributed by atoms with Crippen molar-refractivity contribution < 1.29 is 14.3 Å². The molecule has 15 heavy (non-hydrogen) atoms. The number of hydrogen-bond acceptors (Lipinski definition) is 4. The molecule has 0 bridgehead atoms. The van der Waals surface area contributed by atoms with Crippen molar-refractivity contribution in [1.82, 2.24) is 16.1 Å². The first-order chi connectivity index (χ1) is 6.85. The standard InChI is InChI=1S/C8H18N4O3/c1-8(2,3)15-7(14)11-5-4-10-6(13)12-9/h4-5,9H2,1-3H3,(H,11,14)(H2,10,12,13). The van der Waals surface area contributed by atoms with E-state index in [0.717, 1.165) is 0 Å². The normalized spacial score (nSPS) is 10.4. The molecule has 0 aromatic carbocycles. The zero-order valence-corrected chi connectivity index (χ0v) is 9.22. The third-order valence-corrected chi connectivity index (χ3v) is 1.21. The van der Waals surface area contributed by atoms with Crippen LogP contribution in [0, 0.1) is 0 Å². The Balaban J connectivity index is 3.52. The van der Waals surface area contributed by atoms with Crippen molar-refractivity contribution in [2.75, 3.05) is 13.1 Å². The van der Waals surface area contributed by atoms with Crippen LogP contribution in [0.5, 0.6) is 0 Å². The summed E-state index contributed by atoms with van der Waals surface area (Å²) in [5, 5.41) is 4.88. The zero-order chi connectivity index (χ0) is 11.9. The van der Waals surface area contributed by atoms with Gasteiger partial charge < -0.3 is 15.4 Å². The van der Waals surface area contributed by atoms with Crippen molar-refractivity contribution in [3.8, 4) is 0 Å². The van der Waals surface area contributed by atoms with Crippen LogP contribution < -0.4 is 21.9 Å². The Kier molecular flexibility index (Phi) is 5.46. The van der Waals surface area contributed by atoms with Gasteiger partial charge in [-0.3, -0.25) is 5.43 Å². The van der Waals surface area contributed by atoms with Gasteiger partial charge in [-0.25, -0.2) is 15.4 Å². The topological polar surface area (TPSA) is 105 Å². The smallest absolute Gasteiger partial charge is 0.407 e. The highest BCUT2D eigenvalue weighted by Crippen LogP contribution is 2.05. The highest BCUT2D eigenvalue weighted by Gasteiger charge is 2.15. The SMILES string of the molecule is CC(C)(C)OC(=O)NCCNC(=O)NN. The summed E-state index contributed by atoms with van der Waals surface area (Å²) >= 11 is 0. The van der Waals surface area contributed by atoms with Gasteiger partial charge in [0.1, 0.15) is 5.60 Å². The van der Waals surface area contributed by atoms with Crippen LogP contribution in [0.25, 0.3) is 0 Å². The van der Waals surface area contributed by atoms with Crippen molar-refractivity contribution in [3.05, 3.63) is 0 Å². The van der Waals surface area contributed by atoms with Crippen LogP contribution in [-0.2, 0) is 4.74 Å². The number of hydrogen-bond donors (Lipinski definition) is 4. The third kappa shape index (κ3) is 8.82. The van der Waals surface area contributed by atoms with Gasteiger partial charge in [0.2, 0.25) is 0 Å². The number of amides is 3. The molecule has 7 heteroatoms. The van der Waals surface area contributed by atoms with Crippen molar-refractivity contribution in [2.24, 2.45) is 5.84 Å². The largest absolute Gasteiger partial charge is 0.444 e. The van der Waals surface area contributed by atoms with E-state index in [1.807, 2.05) is 5.43 Å². The first-order valence-electron chi connectivity index (χ1n) is 4.56. The molecule has 0 aromatic rings. The van der Waals surface area contributed by atoms with E-state index in [0.29, 0.717) is 0 Å². The quantitative estimate of drug-likeness (QED) is 0.225. The fraction of sp³-hybridized carbons (Fsp3) is 0.750. The van der Waals surface area contributed by atoms with Crippen LogP contribution in [0.4, 0.5) is 9.59 Å². The summed E-state index contributed by atoms with van der Waals surface area (Å²) in [6.45, 7) is 5.87. The van der Waals surface area contributed by atoms with Crippen molar-refractivity contribution >= 4 is 12.1 Å². The minimum atomic E-state index is -0.522. The Morgan fingerprint density at radius 1 is 1.20 bits per heavy atom. The first kappa shape index (κ1) is 13.5. The molecule has 0 aliphatic rings. The monoisotopic (exact) mass is 218 g/mol. The molecule has 0 fully saturated rings. The van der Waals surface area contributed by atoms with E-state index in [2.05, 4.69) is 10.6 Å². The lowest BCUT2D eigenvalue weighted by molar-refractivity contribution is 0.0528. The van der Waals surface area contributed by atoms with Gasteiger partial charge in [-0.15, -0.1) is 0 Å². The maximum absolute atomic E-state index is 11.1. The summed E-state index contributed by atoms with van der Waals surface area (Å²) in [7, 11) is 0. The second-order valence-electron chi connectivity index (χ2n) is 3.83. The van der Waals surface area contributed by atoms with E-state index in [1.54, 1.807) is 20.8 Å². The van der Waals surface area contributed by atoms with Crippen LogP contribution in [0.15, 0.2) is 0 Å². The lowest BCUT2D eigenvalue weighted by atomic mass is 10.2. The summed E-state index contributed by atoms with van der Waals surface area (Å²) in [4.78, 5) is 21.7. The molecule has 0 aliphatic carbocycles. The number of alkyl carbamates (subject to hydrolysis) is 1. The second kappa shape index (κ2) is 6.07. The van der Waals surface area contributed by atoms with E-state index in [-0.39, 0.29) is 13.1 Å². The van der Waals surface area contributed by atoms with E-state index >= 15 is 0 Å². The van der Waals surface area contributed by atoms with Crippen LogP contribution in [0.1, 0.15) is 20.8 Å². The van der Waals surface area contributed by atoms with Gasteiger partial charge in [0.25, 0.3) is 0 Å². The van der Waals surface area contributed by atoms with E-state index in [9.17, 15) is 9.59 Å². The van der Waals surface area contributed by atoms with Gasteiger partial charge in [-0.2, -0.15) is 0 Å². The van der Waals surface area contributed by atoms with Gasteiger partial charge in [0.15, 0.2) is 0 Å². The number of carbonyl (C=O) groups is 2. The number of ether oxygens (including phenoxy) is 1. The average Bonchev–Trinajstić information content (AvgIpc) is 2.09. The number of hydrazine groups is 1. The predicted octanol–water partition coefficient (Wildman–Crippen LogP) is -0.316. The lowest BCUT2D eigenvalue weighted by Gasteiger charge is -2.19. The molecule has 0 radical (unpaired) electrons. The highest BCUT2D eigenvalue weighted by atomic mass is 16.6. The van der Waals surface area contributed by atoms with Gasteiger partial charge in [-0.1, -0.05) is 0 Å². The van der Waals surface area contributed by atoms with E-state index in [4.69, 9.17) is 10.6 Å². The minimum Gasteiger partial charge on any atom is -0.444 e. The maximum Gasteiger partial charge on any atom is 0.407 e. The molecule has 0 saturated carbocycles. The van der Waals surface area contributed by atoms with Crippen molar-refractivity contribution in [2.45, 2.75) is 26.4 Å². The minimum absolute atomic E-state index is 0.280. The Morgan fingerprint density at radius 2 is 1.73 bits per heavy atom. The second-order valence-corrected chi connectivity index (χ2v) is 3.83. The number of nitrogens with two attached hydrogens (primary N) is 1. The molecular weight excluding hydrogens is 200 g/mol. The van der Waals surface area contributed by atoms with Gasteiger partial charge in [0.05, 0.1) is 0 Å². The first-order valence-corrected chi connectivity index (χ1v) is 4.56. The van der Waals surface area contributed by atoms with Crippen LogP contribution in [0.3, 0.4) is 0 Å². The zero-order valence-electron chi connectivity index (χ0n) is 9.22. The Labute approximate surface area is 88.7 Å². The number of carbonyl (C=O) groups excluding carboxylic acids is 2. The molecule has 0 aromatic heterocycles. The summed E-state index contributed by atoms with van der Waals surface area (Å²) in [6.07, 6.45) is -0.516. The van der Waals surface area contributed by atoms with Crippen molar-refractivity contribution in [3.63, 3.8) is 0 Å². The molecule has 0 rings (SSSR count). The van der Waals surface area contributed by atoms with Gasteiger partial charge in [0, 0.05) is 13.1 Å². The van der Waals surface area contributed by atoms with Crippen LogP contribution >= 0.6 is 0 Å². The third-order valence-electron chi connectivity index (χ3n) is 1.21. The number of urea groups is 1. The lowest BCUT2D eigenvalue weighted by Crippen LogP contribution is -2.43. The van der Waals surface area contributed by atoms with Crippen LogP contribution in [-0.4, -0.2) is 30.8 Å². The molecule has 0 saturated heterocycles. The average molecular weight is 218 g/mol. The van der Waals surface area contributed by atoms with Crippen LogP contribution in [0.2, 0.25) is 0 Å². The Hall–Kier alpha value is -1.50. The van der Waals surface area contributed by atoms with Gasteiger partial charge in [-0.05, 0) is 20.8 Å². The molecule has 88 valence electrons. The molecule has 5 N–H and O–H groups in total. The number of rotatable bonds is 3. The van der Waals surface area contributed by atoms with Crippen molar-refractivity contribution in [1.29, 1.82) is 0 Å². The highest BCUT2D eigenvalue weighted by molar-refractivity contribution is 5.73. The fourth-order valence-electron chi connectivity index (χ4n) is 0.706. The predicted molar refractivity (Wildman–Crippen MR) is 55.0 cm³/mol. The molecule has 7 nitrogen and oxygen atoms in total. The summed E-state index contributed by atoms with van der Waals surface area (Å²) in [5.74, 6) is 4.82. The molecule has 0 aliphatic heterocycles. The molecular formula is C8H18N4O3. The number of nitrogens with one attached hydrogen (secondary N) is 3. The molecule has 0 spiro atoms. The molecule has 3 amide bonds. The summed E-state index contributed by atoms with van der Waals surface area (Å²) < 4.78 is 4.97. The Morgan fingerprint density at radius 3 is 2.20 bits per heavy atom. The fourth-order valence-corrected chi connectivity index (χ4v) is 0.706. The molecule has 0 unspecified atom stereocenters.